The van der Waals surface area contributed by atoms with Gasteiger partial charge in [0.1, 0.15) is 23.9 Å². The van der Waals surface area contributed by atoms with Crippen molar-refractivity contribution in [2.24, 2.45) is 46.3 Å². The zero-order valence-electron chi connectivity index (χ0n) is 26.9. The van der Waals surface area contributed by atoms with Crippen molar-refractivity contribution in [3.05, 3.63) is 0 Å². The van der Waals surface area contributed by atoms with Gasteiger partial charge in [0.05, 0.1) is 11.7 Å². The molecule has 0 unspecified atom stereocenters. The van der Waals surface area contributed by atoms with E-state index in [0.717, 1.165) is 19.3 Å². The molecular formula is C33H50O10. The first-order valence-corrected chi connectivity index (χ1v) is 16.2. The number of aliphatic hydroxyl groups is 1. The number of ether oxygens (including phenoxy) is 5. The summed E-state index contributed by atoms with van der Waals surface area (Å²) in [5.74, 6) is -1.64. The molecule has 4 saturated carbocycles. The molecule has 0 amide bonds. The van der Waals surface area contributed by atoms with E-state index in [1.165, 1.54) is 13.8 Å². The van der Waals surface area contributed by atoms with Gasteiger partial charge in [-0.05, 0) is 93.8 Å². The highest BCUT2D eigenvalue weighted by atomic mass is 16.7. The second-order valence-electron chi connectivity index (χ2n) is 16.0. The molecule has 242 valence electrons. The molecule has 6 fully saturated rings. The van der Waals surface area contributed by atoms with Crippen LogP contribution in [0.2, 0.25) is 0 Å². The lowest BCUT2D eigenvalue weighted by Gasteiger charge is -2.63. The molecule has 6 aliphatic rings. The number of hydrogen-bond acceptors (Lipinski definition) is 9. The van der Waals surface area contributed by atoms with Gasteiger partial charge in [-0.15, -0.1) is 0 Å². The van der Waals surface area contributed by atoms with Crippen molar-refractivity contribution < 1.29 is 48.3 Å². The van der Waals surface area contributed by atoms with Gasteiger partial charge in [-0.2, -0.15) is 0 Å². The minimum Gasteiger partial charge on any atom is -0.459 e. The number of carbonyl (C=O) groups is 3. The van der Waals surface area contributed by atoms with Crippen molar-refractivity contribution in [2.45, 2.75) is 142 Å². The standard InChI is InChI=1S/C33H50O10/c1-16-13-33(43-29(16,4)5)32(8,38)27-23(42-33)12-21-20-10-9-19-11-22(39-17(2)34)24(40-18(3)35)14-30(19,6)26(20)25(41-28(36)37)15-31(21,27)7/h16,19-27,38H,9-15H2,1-8H3,(H,36,37)/t16-,19-,20-,21-,22-,23-,24+,25-,26+,27-,30-,31-,32+,33-/m0/s1. The molecule has 10 nitrogen and oxygen atoms in total. The van der Waals surface area contributed by atoms with Gasteiger partial charge in [0.25, 0.3) is 0 Å². The van der Waals surface area contributed by atoms with Crippen molar-refractivity contribution in [1.82, 2.24) is 0 Å². The van der Waals surface area contributed by atoms with E-state index in [0.29, 0.717) is 25.7 Å². The van der Waals surface area contributed by atoms with Crippen LogP contribution in [0.5, 0.6) is 0 Å². The first kappa shape index (κ1) is 31.1. The van der Waals surface area contributed by atoms with Crippen molar-refractivity contribution >= 4 is 18.1 Å². The van der Waals surface area contributed by atoms with E-state index in [-0.39, 0.29) is 41.6 Å². The average Bonchev–Trinajstić information content (AvgIpc) is 3.35. The van der Waals surface area contributed by atoms with E-state index in [1.54, 1.807) is 0 Å². The normalized spacial score (nSPS) is 52.9. The second-order valence-corrected chi connectivity index (χ2v) is 16.0. The Morgan fingerprint density at radius 3 is 2.02 bits per heavy atom. The van der Waals surface area contributed by atoms with Crippen molar-refractivity contribution in [2.75, 3.05) is 0 Å². The van der Waals surface area contributed by atoms with Gasteiger partial charge in [0.15, 0.2) is 5.79 Å². The molecule has 4 aliphatic carbocycles. The second kappa shape index (κ2) is 9.79. The Bertz CT molecular complexity index is 1180. The molecule has 6 rings (SSSR count). The third-order valence-electron chi connectivity index (χ3n) is 13.3. The highest BCUT2D eigenvalue weighted by Crippen LogP contribution is 2.73. The monoisotopic (exact) mass is 606 g/mol. The summed E-state index contributed by atoms with van der Waals surface area (Å²) in [6, 6.07) is 0. The molecule has 0 radical (unpaired) electrons. The summed E-state index contributed by atoms with van der Waals surface area (Å²) in [7, 11) is 0. The number of carbonyl (C=O) groups excluding carboxylic acids is 2. The third kappa shape index (κ3) is 4.47. The van der Waals surface area contributed by atoms with Gasteiger partial charge >= 0.3 is 18.1 Å². The maximum Gasteiger partial charge on any atom is 0.506 e. The van der Waals surface area contributed by atoms with E-state index >= 15 is 0 Å². The average molecular weight is 607 g/mol. The van der Waals surface area contributed by atoms with Gasteiger partial charge in [-0.25, -0.2) is 4.79 Å². The van der Waals surface area contributed by atoms with E-state index in [4.69, 9.17) is 23.7 Å². The largest absolute Gasteiger partial charge is 0.506 e. The van der Waals surface area contributed by atoms with Gasteiger partial charge in [0.2, 0.25) is 0 Å². The maximum atomic E-state index is 12.4. The summed E-state index contributed by atoms with van der Waals surface area (Å²) < 4.78 is 30.6. The lowest BCUT2D eigenvalue weighted by molar-refractivity contribution is -0.300. The highest BCUT2D eigenvalue weighted by Gasteiger charge is 2.77. The van der Waals surface area contributed by atoms with Crippen LogP contribution in [0.15, 0.2) is 0 Å². The topological polar surface area (TPSA) is 138 Å². The number of esters is 2. The first-order chi connectivity index (χ1) is 19.8. The van der Waals surface area contributed by atoms with Crippen LogP contribution < -0.4 is 0 Å². The smallest absolute Gasteiger partial charge is 0.459 e. The summed E-state index contributed by atoms with van der Waals surface area (Å²) in [4.78, 5) is 36.3. The molecule has 43 heavy (non-hydrogen) atoms. The number of fused-ring (bicyclic) bond motifs is 7. The summed E-state index contributed by atoms with van der Waals surface area (Å²) in [6.45, 7) is 15.2. The quantitative estimate of drug-likeness (QED) is 0.330. The first-order valence-electron chi connectivity index (χ1n) is 16.2. The summed E-state index contributed by atoms with van der Waals surface area (Å²) in [5, 5.41) is 22.4. The van der Waals surface area contributed by atoms with Crippen LogP contribution >= 0.6 is 0 Å². The zero-order chi connectivity index (χ0) is 31.5. The Morgan fingerprint density at radius 1 is 0.814 bits per heavy atom. The minimum absolute atomic E-state index is 0.115. The molecule has 2 saturated heterocycles. The van der Waals surface area contributed by atoms with E-state index in [2.05, 4.69) is 20.8 Å². The predicted octanol–water partition coefficient (Wildman–Crippen LogP) is 5.08. The summed E-state index contributed by atoms with van der Waals surface area (Å²) >= 11 is 0. The lowest BCUT2D eigenvalue weighted by atomic mass is 9.43. The number of hydrogen-bond donors (Lipinski definition) is 2. The van der Waals surface area contributed by atoms with Crippen LogP contribution in [0.25, 0.3) is 0 Å². The maximum absolute atomic E-state index is 12.4. The van der Waals surface area contributed by atoms with Gasteiger partial charge < -0.3 is 33.9 Å². The molecule has 14 atom stereocenters. The zero-order valence-corrected chi connectivity index (χ0v) is 26.9. The Morgan fingerprint density at radius 2 is 1.44 bits per heavy atom. The number of carboxylic acid groups (broad SMARTS) is 1. The van der Waals surface area contributed by atoms with Crippen molar-refractivity contribution in [1.29, 1.82) is 0 Å². The van der Waals surface area contributed by atoms with Crippen LogP contribution in [0.3, 0.4) is 0 Å². The van der Waals surface area contributed by atoms with E-state index in [1.807, 2.05) is 20.8 Å². The van der Waals surface area contributed by atoms with Crippen LogP contribution in [-0.4, -0.2) is 69.7 Å². The predicted molar refractivity (Wildman–Crippen MR) is 153 cm³/mol. The molecule has 0 bridgehead atoms. The fourth-order valence-electron chi connectivity index (χ4n) is 11.5. The Labute approximate surface area is 254 Å². The van der Waals surface area contributed by atoms with Crippen LogP contribution in [0.1, 0.15) is 100 Å². The number of rotatable bonds is 3. The molecular weight excluding hydrogens is 556 g/mol. The molecule has 0 aromatic carbocycles. The highest BCUT2D eigenvalue weighted by molar-refractivity contribution is 5.67. The fraction of sp³-hybridized carbons (Fsp3) is 0.909. The SMILES string of the molecule is CC(=O)O[C@H]1C[C@@H]2CC[C@@H]3[C@H]([C@@H](OC(=O)O)C[C@@]4(C)[C@H]3C[C@@H]3O[C@]5(C[C@H](C)C(C)(C)O5)[C@](C)(O)[C@@H]34)[C@@]2(C)C[C@H]1OC(C)=O. The Balaban J connectivity index is 1.36. The molecule has 2 heterocycles. The van der Waals surface area contributed by atoms with E-state index in [9.17, 15) is 24.6 Å². The molecule has 0 aromatic rings. The fourth-order valence-corrected chi connectivity index (χ4v) is 11.5. The summed E-state index contributed by atoms with van der Waals surface area (Å²) in [5.41, 5.74) is -2.55. The van der Waals surface area contributed by atoms with Gasteiger partial charge in [-0.3, -0.25) is 9.59 Å². The molecule has 0 aromatic heterocycles. The van der Waals surface area contributed by atoms with Crippen LogP contribution in [0.4, 0.5) is 4.79 Å². The van der Waals surface area contributed by atoms with Crippen LogP contribution in [-0.2, 0) is 33.3 Å². The minimum atomic E-state index is -1.31. The van der Waals surface area contributed by atoms with E-state index < -0.39 is 64.2 Å². The molecule has 2 N–H and O–H groups in total. The third-order valence-corrected chi connectivity index (χ3v) is 13.3. The van der Waals surface area contributed by atoms with Crippen LogP contribution in [0, 0.1) is 46.3 Å². The molecule has 2 aliphatic heterocycles. The Hall–Kier alpha value is -1.91. The summed E-state index contributed by atoms with van der Waals surface area (Å²) in [6.07, 6.45) is 1.34. The lowest BCUT2D eigenvalue weighted by Crippen LogP contribution is -2.64. The Kier molecular flexibility index (Phi) is 7.08. The van der Waals surface area contributed by atoms with Crippen molar-refractivity contribution in [3.8, 4) is 0 Å². The molecule has 1 spiro atoms. The van der Waals surface area contributed by atoms with Gasteiger partial charge in [0, 0.05) is 32.1 Å². The molecule has 10 heteroatoms. The van der Waals surface area contributed by atoms with Gasteiger partial charge in [-0.1, -0.05) is 20.8 Å². The van der Waals surface area contributed by atoms with Crippen molar-refractivity contribution in [3.63, 3.8) is 0 Å².